The van der Waals surface area contributed by atoms with Crippen LogP contribution < -0.4 is 5.32 Å². The Morgan fingerprint density at radius 2 is 2.00 bits per heavy atom. The fraction of sp³-hybridized carbons (Fsp3) is 1.00. The Kier molecular flexibility index (Phi) is 2.10. The van der Waals surface area contributed by atoms with Gasteiger partial charge in [-0.05, 0) is 14.0 Å². The van der Waals surface area contributed by atoms with Gasteiger partial charge >= 0.3 is 0 Å². The third-order valence-corrected chi connectivity index (χ3v) is 3.00. The zero-order chi connectivity index (χ0) is 8.72. The van der Waals surface area contributed by atoms with Crippen molar-refractivity contribution in [2.75, 3.05) is 13.7 Å². The molecule has 0 saturated carbocycles. The Morgan fingerprint density at radius 1 is 1.25 bits per heavy atom. The van der Waals surface area contributed by atoms with E-state index in [4.69, 9.17) is 9.47 Å². The Morgan fingerprint density at radius 3 is 2.33 bits per heavy atom. The Bertz CT molecular complexity index is 164. The molecule has 2 heterocycles. The van der Waals surface area contributed by atoms with Crippen LogP contribution in [0.25, 0.3) is 0 Å². The van der Waals surface area contributed by atoms with Crippen LogP contribution in [0.5, 0.6) is 0 Å². The van der Waals surface area contributed by atoms with Crippen LogP contribution in [-0.4, -0.2) is 38.0 Å². The van der Waals surface area contributed by atoms with Gasteiger partial charge in [-0.2, -0.15) is 0 Å². The summed E-state index contributed by atoms with van der Waals surface area (Å²) in [4.78, 5) is 0. The van der Waals surface area contributed by atoms with E-state index in [1.165, 1.54) is 0 Å². The van der Waals surface area contributed by atoms with Crippen LogP contribution in [-0.2, 0) is 9.47 Å². The molecule has 5 unspecified atom stereocenters. The van der Waals surface area contributed by atoms with Crippen molar-refractivity contribution < 1.29 is 9.47 Å². The number of rotatable bonds is 2. The quantitative estimate of drug-likeness (QED) is 0.652. The van der Waals surface area contributed by atoms with Crippen LogP contribution in [0.4, 0.5) is 0 Å². The average Bonchev–Trinajstić information content (AvgIpc) is 2.01. The summed E-state index contributed by atoms with van der Waals surface area (Å²) in [6, 6.07) is 0.484. The summed E-state index contributed by atoms with van der Waals surface area (Å²) >= 11 is 0. The van der Waals surface area contributed by atoms with E-state index in [1.807, 2.05) is 7.05 Å². The Labute approximate surface area is 73.4 Å². The predicted molar refractivity (Wildman–Crippen MR) is 46.1 cm³/mol. The molecule has 70 valence electrons. The number of likely N-dealkylation sites (N-methyl/N-ethyl adjacent to an activating group) is 1. The van der Waals surface area contributed by atoms with Crippen molar-refractivity contribution >= 4 is 0 Å². The molecule has 2 aliphatic heterocycles. The van der Waals surface area contributed by atoms with Gasteiger partial charge in [0.25, 0.3) is 0 Å². The molecule has 3 nitrogen and oxygen atoms in total. The van der Waals surface area contributed by atoms with E-state index < -0.39 is 0 Å². The minimum absolute atomic E-state index is 0.286. The average molecular weight is 171 g/mol. The van der Waals surface area contributed by atoms with Crippen molar-refractivity contribution in [1.29, 1.82) is 0 Å². The molecule has 2 saturated heterocycles. The van der Waals surface area contributed by atoms with Gasteiger partial charge in [-0.25, -0.2) is 0 Å². The molecule has 0 spiro atoms. The first-order valence-electron chi connectivity index (χ1n) is 4.68. The molecule has 0 bridgehead atoms. The van der Waals surface area contributed by atoms with Gasteiger partial charge in [-0.3, -0.25) is 0 Å². The lowest BCUT2D eigenvalue weighted by Crippen LogP contribution is -2.67. The van der Waals surface area contributed by atoms with E-state index in [0.29, 0.717) is 24.2 Å². The molecule has 2 rings (SSSR count). The molecule has 0 radical (unpaired) electrons. The smallest absolute Gasteiger partial charge is 0.102 e. The van der Waals surface area contributed by atoms with Crippen LogP contribution in [0.2, 0.25) is 0 Å². The summed E-state index contributed by atoms with van der Waals surface area (Å²) in [5.74, 6) is 0.665. The summed E-state index contributed by atoms with van der Waals surface area (Å²) in [6.45, 7) is 5.21. The highest BCUT2D eigenvalue weighted by atomic mass is 16.6. The molecule has 3 heteroatoms. The molecular weight excluding hydrogens is 154 g/mol. The maximum Gasteiger partial charge on any atom is 0.102 e. The predicted octanol–water partition coefficient (Wildman–Crippen LogP) is 0.397. The van der Waals surface area contributed by atoms with E-state index in [1.54, 1.807) is 0 Å². The molecule has 0 aromatic carbocycles. The van der Waals surface area contributed by atoms with Crippen molar-refractivity contribution in [3.8, 4) is 0 Å². The second-order valence-electron chi connectivity index (χ2n) is 3.90. The minimum atomic E-state index is 0.286. The lowest BCUT2D eigenvalue weighted by atomic mass is 9.85. The largest absolute Gasteiger partial charge is 0.375 e. The highest BCUT2D eigenvalue weighted by molar-refractivity contribution is 4.99. The standard InChI is InChI=1S/C9H17NO2/c1-5-4-11-8(5)9-7(10-3)6(2)12-9/h5-10H,4H2,1-3H3. The van der Waals surface area contributed by atoms with Gasteiger partial charge in [0.15, 0.2) is 0 Å². The summed E-state index contributed by atoms with van der Waals surface area (Å²) in [7, 11) is 1.99. The molecule has 0 aromatic rings. The van der Waals surface area contributed by atoms with E-state index in [2.05, 4.69) is 19.2 Å². The highest BCUT2D eigenvalue weighted by Gasteiger charge is 2.48. The number of ether oxygens (including phenoxy) is 2. The minimum Gasteiger partial charge on any atom is -0.375 e. The number of hydrogen-bond acceptors (Lipinski definition) is 3. The van der Waals surface area contributed by atoms with Gasteiger partial charge in [0, 0.05) is 5.92 Å². The van der Waals surface area contributed by atoms with E-state index in [-0.39, 0.29) is 6.10 Å². The van der Waals surface area contributed by atoms with Crippen LogP contribution in [0.3, 0.4) is 0 Å². The Hall–Kier alpha value is -0.120. The molecule has 12 heavy (non-hydrogen) atoms. The van der Waals surface area contributed by atoms with Crippen LogP contribution in [0.1, 0.15) is 13.8 Å². The summed E-state index contributed by atoms with van der Waals surface area (Å²) in [6.07, 6.45) is 0.962. The van der Waals surface area contributed by atoms with E-state index >= 15 is 0 Å². The number of hydrogen-bond donors (Lipinski definition) is 1. The lowest BCUT2D eigenvalue weighted by Gasteiger charge is -2.51. The molecule has 0 aliphatic carbocycles. The summed E-state index contributed by atoms with van der Waals surface area (Å²) in [5, 5.41) is 3.27. The van der Waals surface area contributed by atoms with E-state index in [9.17, 15) is 0 Å². The van der Waals surface area contributed by atoms with Gasteiger partial charge in [-0.15, -0.1) is 0 Å². The lowest BCUT2D eigenvalue weighted by molar-refractivity contribution is -0.253. The van der Waals surface area contributed by atoms with Crippen molar-refractivity contribution in [2.24, 2.45) is 5.92 Å². The second kappa shape index (κ2) is 2.98. The SMILES string of the molecule is CNC1C(C)OC1C1OCC1C. The first-order valence-corrected chi connectivity index (χ1v) is 4.68. The van der Waals surface area contributed by atoms with Crippen molar-refractivity contribution in [3.63, 3.8) is 0 Å². The molecule has 5 atom stereocenters. The summed E-state index contributed by atoms with van der Waals surface area (Å²) < 4.78 is 11.1. The summed E-state index contributed by atoms with van der Waals surface area (Å²) in [5.41, 5.74) is 0. The third-order valence-electron chi connectivity index (χ3n) is 3.00. The second-order valence-corrected chi connectivity index (χ2v) is 3.90. The maximum absolute atomic E-state index is 5.63. The zero-order valence-corrected chi connectivity index (χ0v) is 7.91. The first kappa shape index (κ1) is 8.48. The fourth-order valence-corrected chi connectivity index (χ4v) is 2.09. The topological polar surface area (TPSA) is 30.5 Å². The van der Waals surface area contributed by atoms with Gasteiger partial charge in [0.1, 0.15) is 6.10 Å². The normalized spacial score (nSPS) is 52.8. The van der Waals surface area contributed by atoms with E-state index in [0.717, 1.165) is 6.61 Å². The van der Waals surface area contributed by atoms with Gasteiger partial charge < -0.3 is 14.8 Å². The van der Waals surface area contributed by atoms with Crippen LogP contribution >= 0.6 is 0 Å². The van der Waals surface area contributed by atoms with Gasteiger partial charge in [-0.1, -0.05) is 6.92 Å². The van der Waals surface area contributed by atoms with Crippen molar-refractivity contribution in [2.45, 2.75) is 38.2 Å². The third kappa shape index (κ3) is 1.08. The van der Waals surface area contributed by atoms with Gasteiger partial charge in [0.05, 0.1) is 24.9 Å². The molecule has 0 aromatic heterocycles. The zero-order valence-electron chi connectivity index (χ0n) is 7.91. The molecule has 2 aliphatic rings. The molecule has 1 N–H and O–H groups in total. The van der Waals surface area contributed by atoms with Gasteiger partial charge in [0.2, 0.25) is 0 Å². The maximum atomic E-state index is 5.63. The number of nitrogens with one attached hydrogen (secondary N) is 1. The molecule has 2 fully saturated rings. The Balaban J connectivity index is 1.89. The van der Waals surface area contributed by atoms with Crippen molar-refractivity contribution in [1.82, 2.24) is 5.32 Å². The monoisotopic (exact) mass is 171 g/mol. The van der Waals surface area contributed by atoms with Crippen molar-refractivity contribution in [3.05, 3.63) is 0 Å². The van der Waals surface area contributed by atoms with Crippen LogP contribution in [0, 0.1) is 5.92 Å². The molecular formula is C9H17NO2. The van der Waals surface area contributed by atoms with Crippen LogP contribution in [0.15, 0.2) is 0 Å². The highest BCUT2D eigenvalue weighted by Crippen LogP contribution is 2.33. The molecule has 0 amide bonds. The fourth-order valence-electron chi connectivity index (χ4n) is 2.09. The first-order chi connectivity index (χ1) is 5.74.